The number of carbonyl (C=O) groups excluding carboxylic acids is 3. The van der Waals surface area contributed by atoms with Crippen LogP contribution >= 0.6 is 0 Å². The van der Waals surface area contributed by atoms with Crippen LogP contribution < -0.4 is 0 Å². The molecule has 6 nitrogen and oxygen atoms in total. The van der Waals surface area contributed by atoms with E-state index in [9.17, 15) is 14.4 Å². The molecule has 0 radical (unpaired) electrons. The molecule has 0 aromatic heterocycles. The standard InChI is InChI=1S/C64H104O6/c1-4-7-10-13-16-19-22-25-27-29-31-32-33-35-36-39-42-45-48-51-54-57-63(66)69-60-61(59-68-62(65)56-53-50-47-44-41-38-24-21-18-15-12-9-6-3)70-64(67)58-55-52-49-46-43-40-37-34-30-28-26-23-20-17-14-11-8-5-2/h7,9-10,12,16,18-19,21,25,27-28,30-32,35-36,38,41-42,45,61H,4-6,8,11,13-15,17,20,22-24,26,29,33-34,37,39-40,43-44,46-60H2,1-3H3/b10-7-,12-9-,19-16-,21-18-,27-25-,30-28-,32-31-,36-35-,41-38-,45-42-. The van der Waals surface area contributed by atoms with E-state index in [0.29, 0.717) is 25.7 Å². The molecule has 0 heterocycles. The lowest BCUT2D eigenvalue weighted by molar-refractivity contribution is -0.167. The summed E-state index contributed by atoms with van der Waals surface area (Å²) >= 11 is 0. The molecule has 0 aromatic rings. The van der Waals surface area contributed by atoms with Gasteiger partial charge in [0.1, 0.15) is 13.2 Å². The van der Waals surface area contributed by atoms with E-state index >= 15 is 0 Å². The summed E-state index contributed by atoms with van der Waals surface area (Å²) in [5.41, 5.74) is 0. The van der Waals surface area contributed by atoms with E-state index in [0.717, 1.165) is 116 Å². The maximum Gasteiger partial charge on any atom is 0.306 e. The molecule has 1 atom stereocenters. The highest BCUT2D eigenvalue weighted by atomic mass is 16.6. The Morgan fingerprint density at radius 2 is 0.557 bits per heavy atom. The van der Waals surface area contributed by atoms with Gasteiger partial charge < -0.3 is 14.2 Å². The molecular weight excluding hydrogens is 865 g/mol. The molecule has 0 rings (SSSR count). The zero-order chi connectivity index (χ0) is 50.7. The summed E-state index contributed by atoms with van der Waals surface area (Å²) in [5, 5.41) is 0. The first-order valence-electron chi connectivity index (χ1n) is 28.5. The molecule has 0 N–H and O–H groups in total. The van der Waals surface area contributed by atoms with Gasteiger partial charge in [-0.05, 0) is 128 Å². The van der Waals surface area contributed by atoms with Gasteiger partial charge >= 0.3 is 17.9 Å². The fraction of sp³-hybridized carbons (Fsp3) is 0.641. The van der Waals surface area contributed by atoms with Gasteiger partial charge in [0.05, 0.1) is 0 Å². The molecule has 0 fully saturated rings. The van der Waals surface area contributed by atoms with Crippen LogP contribution in [0.15, 0.2) is 122 Å². The summed E-state index contributed by atoms with van der Waals surface area (Å²) in [4.78, 5) is 38.1. The van der Waals surface area contributed by atoms with Crippen molar-refractivity contribution >= 4 is 17.9 Å². The zero-order valence-corrected chi connectivity index (χ0v) is 45.2. The summed E-state index contributed by atoms with van der Waals surface area (Å²) in [6, 6.07) is 0. The number of hydrogen-bond acceptors (Lipinski definition) is 6. The lowest BCUT2D eigenvalue weighted by Crippen LogP contribution is -2.30. The molecule has 396 valence electrons. The van der Waals surface area contributed by atoms with E-state index in [-0.39, 0.29) is 31.1 Å². The normalized spacial score (nSPS) is 13.0. The van der Waals surface area contributed by atoms with Crippen LogP contribution in [-0.4, -0.2) is 37.2 Å². The Morgan fingerprint density at radius 3 is 0.929 bits per heavy atom. The van der Waals surface area contributed by atoms with Gasteiger partial charge in [0, 0.05) is 19.3 Å². The fourth-order valence-corrected chi connectivity index (χ4v) is 7.45. The van der Waals surface area contributed by atoms with E-state index in [4.69, 9.17) is 14.2 Å². The van der Waals surface area contributed by atoms with Gasteiger partial charge in [0.25, 0.3) is 0 Å². The Morgan fingerprint density at radius 1 is 0.300 bits per heavy atom. The maximum atomic E-state index is 12.9. The highest BCUT2D eigenvalue weighted by molar-refractivity contribution is 5.71. The highest BCUT2D eigenvalue weighted by Gasteiger charge is 2.19. The summed E-state index contributed by atoms with van der Waals surface area (Å²) < 4.78 is 16.8. The number of rotatable bonds is 50. The molecule has 0 bridgehead atoms. The van der Waals surface area contributed by atoms with Crippen LogP contribution in [-0.2, 0) is 28.6 Å². The average Bonchev–Trinajstić information content (AvgIpc) is 3.36. The Labute approximate surface area is 431 Å². The molecular formula is C64H104O6. The second-order valence-electron chi connectivity index (χ2n) is 18.4. The van der Waals surface area contributed by atoms with Crippen molar-refractivity contribution in [1.29, 1.82) is 0 Å². The molecule has 0 saturated carbocycles. The minimum Gasteiger partial charge on any atom is -0.462 e. The highest BCUT2D eigenvalue weighted by Crippen LogP contribution is 2.14. The first-order valence-corrected chi connectivity index (χ1v) is 28.5. The van der Waals surface area contributed by atoms with Gasteiger partial charge in [-0.15, -0.1) is 0 Å². The predicted molar refractivity (Wildman–Crippen MR) is 302 cm³/mol. The van der Waals surface area contributed by atoms with Crippen molar-refractivity contribution in [2.75, 3.05) is 13.2 Å². The lowest BCUT2D eigenvalue weighted by Gasteiger charge is -2.18. The predicted octanol–water partition coefficient (Wildman–Crippen LogP) is 19.3. The second kappa shape index (κ2) is 57.4. The van der Waals surface area contributed by atoms with Gasteiger partial charge in [-0.25, -0.2) is 0 Å². The van der Waals surface area contributed by atoms with Crippen LogP contribution in [0.1, 0.15) is 245 Å². The van der Waals surface area contributed by atoms with E-state index in [2.05, 4.69) is 142 Å². The largest absolute Gasteiger partial charge is 0.462 e. The Bertz CT molecular complexity index is 1490. The lowest BCUT2D eigenvalue weighted by atomic mass is 10.1. The van der Waals surface area contributed by atoms with Crippen LogP contribution in [0.3, 0.4) is 0 Å². The molecule has 0 saturated heterocycles. The van der Waals surface area contributed by atoms with Crippen molar-refractivity contribution < 1.29 is 28.6 Å². The first-order chi connectivity index (χ1) is 34.5. The molecule has 0 spiro atoms. The molecule has 0 amide bonds. The maximum absolute atomic E-state index is 12.9. The summed E-state index contributed by atoms with van der Waals surface area (Å²) in [6.07, 6.45) is 79.1. The van der Waals surface area contributed by atoms with E-state index in [1.54, 1.807) is 0 Å². The van der Waals surface area contributed by atoms with Crippen molar-refractivity contribution in [3.63, 3.8) is 0 Å². The molecule has 1 unspecified atom stereocenters. The number of unbranched alkanes of at least 4 members (excludes halogenated alkanes) is 19. The van der Waals surface area contributed by atoms with E-state index in [1.807, 2.05) is 0 Å². The number of hydrogen-bond donors (Lipinski definition) is 0. The Balaban J connectivity index is 4.50. The Kier molecular flexibility index (Phi) is 54.0. The number of carbonyl (C=O) groups is 3. The number of esters is 3. The zero-order valence-electron chi connectivity index (χ0n) is 45.2. The smallest absolute Gasteiger partial charge is 0.306 e. The van der Waals surface area contributed by atoms with Crippen LogP contribution in [0.5, 0.6) is 0 Å². The molecule has 0 aliphatic carbocycles. The van der Waals surface area contributed by atoms with Gasteiger partial charge in [-0.3, -0.25) is 14.4 Å². The van der Waals surface area contributed by atoms with Crippen LogP contribution in [0.4, 0.5) is 0 Å². The van der Waals surface area contributed by atoms with Gasteiger partial charge in [-0.1, -0.05) is 219 Å². The molecule has 6 heteroatoms. The van der Waals surface area contributed by atoms with E-state index < -0.39 is 6.10 Å². The van der Waals surface area contributed by atoms with E-state index in [1.165, 1.54) is 83.5 Å². The van der Waals surface area contributed by atoms with Crippen molar-refractivity contribution in [2.45, 2.75) is 252 Å². The number of ether oxygens (including phenoxy) is 3. The topological polar surface area (TPSA) is 78.9 Å². The van der Waals surface area contributed by atoms with Crippen molar-refractivity contribution in [1.82, 2.24) is 0 Å². The average molecular weight is 970 g/mol. The minimum atomic E-state index is -0.814. The van der Waals surface area contributed by atoms with Gasteiger partial charge in [-0.2, -0.15) is 0 Å². The van der Waals surface area contributed by atoms with Crippen molar-refractivity contribution in [3.8, 4) is 0 Å². The third-order valence-electron chi connectivity index (χ3n) is 11.7. The van der Waals surface area contributed by atoms with Crippen molar-refractivity contribution in [2.24, 2.45) is 0 Å². The third kappa shape index (κ3) is 54.7. The third-order valence-corrected chi connectivity index (χ3v) is 11.7. The summed E-state index contributed by atoms with van der Waals surface area (Å²) in [5.74, 6) is -0.989. The van der Waals surface area contributed by atoms with Crippen LogP contribution in [0.2, 0.25) is 0 Å². The van der Waals surface area contributed by atoms with Gasteiger partial charge in [0.15, 0.2) is 6.10 Å². The monoisotopic (exact) mass is 969 g/mol. The molecule has 70 heavy (non-hydrogen) atoms. The van der Waals surface area contributed by atoms with Crippen LogP contribution in [0, 0.1) is 0 Å². The quantitative estimate of drug-likeness (QED) is 0.0262. The molecule has 0 aromatic carbocycles. The van der Waals surface area contributed by atoms with Gasteiger partial charge in [0.2, 0.25) is 0 Å². The first kappa shape index (κ1) is 65.8. The minimum absolute atomic E-state index is 0.112. The van der Waals surface area contributed by atoms with Crippen molar-refractivity contribution in [3.05, 3.63) is 122 Å². The number of allylic oxidation sites excluding steroid dienone is 20. The second-order valence-corrected chi connectivity index (χ2v) is 18.4. The summed E-state index contributed by atoms with van der Waals surface area (Å²) in [7, 11) is 0. The van der Waals surface area contributed by atoms with Crippen LogP contribution in [0.25, 0.3) is 0 Å². The SMILES string of the molecule is CC/C=C\C/C=C\C/C=C\C/C=C\C/C=C\C/C=C\CCCCC(=O)OCC(COC(=O)CCCCC/C=C\C/C=C\C/C=C\CC)OC(=O)CCCCCCCCC/C=C\CCCCCCCCC. The summed E-state index contributed by atoms with van der Waals surface area (Å²) in [6.45, 7) is 6.34. The Hall–Kier alpha value is -4.19. The molecule has 0 aliphatic heterocycles. The fourth-order valence-electron chi connectivity index (χ4n) is 7.45. The molecule has 0 aliphatic rings.